The van der Waals surface area contributed by atoms with Crippen LogP contribution in [-0.2, 0) is 15.3 Å². The summed E-state index contributed by atoms with van der Waals surface area (Å²) < 4.78 is 58.8. The molecule has 0 aromatic heterocycles. The molecule has 132 valence electrons. The normalized spacial score (nSPS) is 25.2. The molecule has 1 fully saturated rings. The van der Waals surface area contributed by atoms with Gasteiger partial charge in [0.05, 0.1) is 4.90 Å². The Morgan fingerprint density at radius 1 is 1.24 bits per heavy atom. The molecule has 1 N–H and O–H groups in total. The Labute approximate surface area is 144 Å². The molecule has 0 saturated carbocycles. The van der Waals surface area contributed by atoms with Crippen molar-refractivity contribution in [2.24, 2.45) is 0 Å². The Morgan fingerprint density at radius 2 is 2.04 bits per heavy atom. The van der Waals surface area contributed by atoms with Crippen LogP contribution in [0.5, 0.6) is 5.75 Å². The van der Waals surface area contributed by atoms with E-state index in [2.05, 4.69) is 12.2 Å². The van der Waals surface area contributed by atoms with Gasteiger partial charge in [0.2, 0.25) is 9.84 Å². The predicted octanol–water partition coefficient (Wildman–Crippen LogP) is 2.81. The van der Waals surface area contributed by atoms with Crippen LogP contribution in [0.15, 0.2) is 46.2 Å². The van der Waals surface area contributed by atoms with Crippen molar-refractivity contribution in [2.75, 3.05) is 13.1 Å². The second-order valence-corrected chi connectivity index (χ2v) is 8.61. The zero-order chi connectivity index (χ0) is 17.8. The van der Waals surface area contributed by atoms with E-state index in [1.54, 1.807) is 6.07 Å². The highest BCUT2D eigenvalue weighted by molar-refractivity contribution is 7.91. The van der Waals surface area contributed by atoms with E-state index in [1.807, 2.05) is 0 Å². The number of halogens is 2. The fraction of sp³-hybridized carbons (Fsp3) is 0.333. The fourth-order valence-electron chi connectivity index (χ4n) is 3.66. The molecule has 2 heterocycles. The zero-order valence-electron chi connectivity index (χ0n) is 13.6. The standard InChI is InChI=1S/C18H17F2NO3S/c1-18-7-8-21-10-16(18)24-14-9-11(5-6-12(14)18)25(22,23)15-4-2-3-13(19)17(15)20/h2-6,9,16,21H,7-8,10H2,1H3. The third-order valence-electron chi connectivity index (χ3n) is 5.22. The summed E-state index contributed by atoms with van der Waals surface area (Å²) >= 11 is 0. The van der Waals surface area contributed by atoms with Crippen LogP contribution < -0.4 is 10.1 Å². The lowest BCUT2D eigenvalue weighted by atomic mass is 9.74. The van der Waals surface area contributed by atoms with Gasteiger partial charge in [0.25, 0.3) is 0 Å². The smallest absolute Gasteiger partial charge is 0.209 e. The van der Waals surface area contributed by atoms with E-state index < -0.39 is 26.4 Å². The Morgan fingerprint density at radius 3 is 2.84 bits per heavy atom. The highest BCUT2D eigenvalue weighted by atomic mass is 32.2. The summed E-state index contributed by atoms with van der Waals surface area (Å²) in [6.45, 7) is 3.65. The van der Waals surface area contributed by atoms with Gasteiger partial charge in [-0.15, -0.1) is 0 Å². The molecular formula is C18H17F2NO3S. The van der Waals surface area contributed by atoms with E-state index in [9.17, 15) is 17.2 Å². The summed E-state index contributed by atoms with van der Waals surface area (Å²) in [4.78, 5) is -0.776. The largest absolute Gasteiger partial charge is 0.488 e. The van der Waals surface area contributed by atoms with Crippen molar-refractivity contribution in [3.8, 4) is 5.75 Å². The van der Waals surface area contributed by atoms with Gasteiger partial charge in [0.1, 0.15) is 16.7 Å². The third kappa shape index (κ3) is 2.37. The lowest BCUT2D eigenvalue weighted by Gasteiger charge is -2.35. The number of fused-ring (bicyclic) bond motifs is 3. The first-order valence-electron chi connectivity index (χ1n) is 8.05. The number of hydrogen-bond acceptors (Lipinski definition) is 4. The molecule has 1 saturated heterocycles. The van der Waals surface area contributed by atoms with Crippen molar-refractivity contribution >= 4 is 9.84 Å². The first-order chi connectivity index (χ1) is 11.8. The second kappa shape index (κ2) is 5.51. The average Bonchev–Trinajstić information content (AvgIpc) is 2.89. The van der Waals surface area contributed by atoms with Gasteiger partial charge in [-0.05, 0) is 37.2 Å². The molecule has 4 rings (SSSR count). The Kier molecular flexibility index (Phi) is 3.63. The minimum Gasteiger partial charge on any atom is -0.488 e. The summed E-state index contributed by atoms with van der Waals surface area (Å²) in [7, 11) is -4.18. The van der Waals surface area contributed by atoms with Crippen LogP contribution in [0.3, 0.4) is 0 Å². The van der Waals surface area contributed by atoms with Crippen molar-refractivity contribution in [3.05, 3.63) is 53.6 Å². The molecule has 2 aromatic carbocycles. The Bertz CT molecular complexity index is 961. The molecule has 0 amide bonds. The van der Waals surface area contributed by atoms with Gasteiger partial charge in [0, 0.05) is 17.5 Å². The minimum atomic E-state index is -4.18. The maximum atomic E-state index is 14.0. The highest BCUT2D eigenvalue weighted by Gasteiger charge is 2.46. The number of nitrogens with one attached hydrogen (secondary N) is 1. The van der Waals surface area contributed by atoms with Crippen LogP contribution in [-0.4, -0.2) is 27.6 Å². The van der Waals surface area contributed by atoms with Crippen LogP contribution >= 0.6 is 0 Å². The topological polar surface area (TPSA) is 55.4 Å². The molecule has 7 heteroatoms. The first kappa shape index (κ1) is 16.5. The lowest BCUT2D eigenvalue weighted by molar-refractivity contribution is 0.123. The summed E-state index contributed by atoms with van der Waals surface area (Å²) in [5.74, 6) is -2.06. The van der Waals surface area contributed by atoms with Crippen molar-refractivity contribution in [1.82, 2.24) is 5.32 Å². The van der Waals surface area contributed by atoms with Gasteiger partial charge in [-0.3, -0.25) is 0 Å². The van der Waals surface area contributed by atoms with E-state index in [0.29, 0.717) is 12.3 Å². The van der Waals surface area contributed by atoms with Gasteiger partial charge >= 0.3 is 0 Å². The van der Waals surface area contributed by atoms with Gasteiger partial charge in [0.15, 0.2) is 11.6 Å². The van der Waals surface area contributed by atoms with Crippen molar-refractivity contribution in [1.29, 1.82) is 0 Å². The molecule has 2 unspecified atom stereocenters. The van der Waals surface area contributed by atoms with E-state index >= 15 is 0 Å². The van der Waals surface area contributed by atoms with E-state index in [4.69, 9.17) is 4.74 Å². The number of piperidine rings is 1. The number of rotatable bonds is 2. The summed E-state index contributed by atoms with van der Waals surface area (Å²) in [6, 6.07) is 7.71. The minimum absolute atomic E-state index is 0.0693. The van der Waals surface area contributed by atoms with Crippen LogP contribution in [0.2, 0.25) is 0 Å². The van der Waals surface area contributed by atoms with E-state index in [-0.39, 0.29) is 16.4 Å². The summed E-state index contributed by atoms with van der Waals surface area (Å²) in [6.07, 6.45) is 0.815. The van der Waals surface area contributed by atoms with Crippen LogP contribution in [0, 0.1) is 11.6 Å². The number of hydrogen-bond donors (Lipinski definition) is 1. The molecule has 25 heavy (non-hydrogen) atoms. The SMILES string of the molecule is CC12CCNCC1Oc1cc(S(=O)(=O)c3cccc(F)c3F)ccc12. The average molecular weight is 365 g/mol. The second-order valence-electron chi connectivity index (χ2n) is 6.69. The van der Waals surface area contributed by atoms with Crippen LogP contribution in [0.4, 0.5) is 8.78 Å². The summed E-state index contributed by atoms with van der Waals surface area (Å²) in [5, 5.41) is 3.27. The third-order valence-corrected chi connectivity index (χ3v) is 6.98. The van der Waals surface area contributed by atoms with Gasteiger partial charge < -0.3 is 10.1 Å². The number of sulfone groups is 1. The van der Waals surface area contributed by atoms with Crippen molar-refractivity contribution in [3.63, 3.8) is 0 Å². The number of benzene rings is 2. The quantitative estimate of drug-likeness (QED) is 0.889. The maximum absolute atomic E-state index is 14.0. The Balaban J connectivity index is 1.80. The molecule has 4 nitrogen and oxygen atoms in total. The monoisotopic (exact) mass is 365 g/mol. The first-order valence-corrected chi connectivity index (χ1v) is 9.53. The number of ether oxygens (including phenoxy) is 1. The van der Waals surface area contributed by atoms with Crippen molar-refractivity contribution in [2.45, 2.75) is 34.7 Å². The van der Waals surface area contributed by atoms with Gasteiger partial charge in [-0.2, -0.15) is 0 Å². The fourth-order valence-corrected chi connectivity index (χ4v) is 5.01. The Hall–Kier alpha value is -1.99. The van der Waals surface area contributed by atoms with E-state index in [1.165, 1.54) is 18.2 Å². The zero-order valence-corrected chi connectivity index (χ0v) is 14.4. The van der Waals surface area contributed by atoms with Gasteiger partial charge in [-0.25, -0.2) is 17.2 Å². The summed E-state index contributed by atoms with van der Waals surface area (Å²) in [5.41, 5.74) is 0.783. The molecule has 2 aliphatic rings. The maximum Gasteiger partial charge on any atom is 0.209 e. The molecule has 2 aromatic rings. The van der Waals surface area contributed by atoms with Crippen molar-refractivity contribution < 1.29 is 21.9 Å². The highest BCUT2D eigenvalue weighted by Crippen LogP contribution is 2.47. The van der Waals surface area contributed by atoms with Crippen LogP contribution in [0.1, 0.15) is 18.9 Å². The van der Waals surface area contributed by atoms with E-state index in [0.717, 1.165) is 30.7 Å². The molecule has 0 spiro atoms. The molecular weight excluding hydrogens is 348 g/mol. The molecule has 2 atom stereocenters. The lowest BCUT2D eigenvalue weighted by Crippen LogP contribution is -2.49. The van der Waals surface area contributed by atoms with Gasteiger partial charge in [-0.1, -0.05) is 19.1 Å². The molecule has 0 radical (unpaired) electrons. The molecule has 0 bridgehead atoms. The molecule has 0 aliphatic carbocycles. The predicted molar refractivity (Wildman–Crippen MR) is 87.5 cm³/mol. The molecule has 2 aliphatic heterocycles. The van der Waals surface area contributed by atoms with Crippen LogP contribution in [0.25, 0.3) is 0 Å².